The summed E-state index contributed by atoms with van der Waals surface area (Å²) < 4.78 is 11.5. The molecule has 160 valence electrons. The highest BCUT2D eigenvalue weighted by Crippen LogP contribution is 2.21. The van der Waals surface area contributed by atoms with Crippen molar-refractivity contribution in [2.45, 2.75) is 78.6 Å². The van der Waals surface area contributed by atoms with Gasteiger partial charge < -0.3 is 9.47 Å². The lowest BCUT2D eigenvalue weighted by Crippen LogP contribution is -2.00. The van der Waals surface area contributed by atoms with E-state index in [4.69, 9.17) is 9.47 Å². The van der Waals surface area contributed by atoms with Crippen LogP contribution in [0.5, 0.6) is 11.5 Å². The Morgan fingerprint density at radius 3 is 2.03 bits per heavy atom. The van der Waals surface area contributed by atoms with Crippen LogP contribution in [0.3, 0.4) is 0 Å². The summed E-state index contributed by atoms with van der Waals surface area (Å²) in [5.74, 6) is 3.20. The zero-order valence-corrected chi connectivity index (χ0v) is 18.5. The standard InChI is InChI=1S/C25H38N2O2/c1-4-6-10-17-28-23-15-13-22(14-16-23)25-26-19-24(20-27-25)29-18-11-8-7-9-12-21(3)5-2/h13-16,19-21H,4-12,17-18H2,1-3H3. The molecule has 0 aliphatic heterocycles. The van der Waals surface area contributed by atoms with Gasteiger partial charge in [0.05, 0.1) is 25.6 Å². The average Bonchev–Trinajstić information content (AvgIpc) is 2.77. The van der Waals surface area contributed by atoms with Crippen molar-refractivity contribution in [2.24, 2.45) is 5.92 Å². The Bertz CT molecular complexity index is 656. The molecule has 0 fully saturated rings. The van der Waals surface area contributed by atoms with Crippen molar-refractivity contribution < 1.29 is 9.47 Å². The average molecular weight is 399 g/mol. The first kappa shape index (κ1) is 23.2. The van der Waals surface area contributed by atoms with Crippen molar-refractivity contribution in [3.8, 4) is 22.9 Å². The number of aromatic nitrogens is 2. The van der Waals surface area contributed by atoms with E-state index in [1.807, 2.05) is 24.3 Å². The molecule has 0 N–H and O–H groups in total. The second-order valence-corrected chi connectivity index (χ2v) is 7.89. The number of nitrogens with zero attached hydrogens (tertiary/aromatic N) is 2. The highest BCUT2D eigenvalue weighted by molar-refractivity contribution is 5.56. The van der Waals surface area contributed by atoms with Crippen LogP contribution in [0.25, 0.3) is 11.4 Å². The SMILES string of the molecule is CCCCCOc1ccc(-c2ncc(OCCCCCCC(C)CC)cn2)cc1. The number of unbranched alkanes of at least 4 members (excludes halogenated alkanes) is 5. The van der Waals surface area contributed by atoms with E-state index in [2.05, 4.69) is 30.7 Å². The second kappa shape index (κ2) is 14.0. The van der Waals surface area contributed by atoms with Crippen LogP contribution in [-0.4, -0.2) is 23.2 Å². The fourth-order valence-electron chi connectivity index (χ4n) is 3.12. The smallest absolute Gasteiger partial charge is 0.159 e. The van der Waals surface area contributed by atoms with Gasteiger partial charge in [-0.3, -0.25) is 0 Å². The van der Waals surface area contributed by atoms with Crippen LogP contribution in [0.2, 0.25) is 0 Å². The Labute approximate surface area is 177 Å². The largest absolute Gasteiger partial charge is 0.494 e. The molecular formula is C25H38N2O2. The van der Waals surface area contributed by atoms with Gasteiger partial charge >= 0.3 is 0 Å². The number of rotatable bonds is 15. The van der Waals surface area contributed by atoms with E-state index < -0.39 is 0 Å². The third-order valence-corrected chi connectivity index (χ3v) is 5.31. The Kier molecular flexibility index (Phi) is 11.2. The van der Waals surface area contributed by atoms with Gasteiger partial charge in [0, 0.05) is 5.56 Å². The topological polar surface area (TPSA) is 44.2 Å². The Morgan fingerprint density at radius 1 is 0.759 bits per heavy atom. The highest BCUT2D eigenvalue weighted by Gasteiger charge is 2.04. The van der Waals surface area contributed by atoms with Crippen LogP contribution in [0.1, 0.15) is 78.6 Å². The van der Waals surface area contributed by atoms with E-state index in [1.54, 1.807) is 12.4 Å². The van der Waals surface area contributed by atoms with E-state index in [-0.39, 0.29) is 0 Å². The van der Waals surface area contributed by atoms with Crippen molar-refractivity contribution in [1.82, 2.24) is 9.97 Å². The Morgan fingerprint density at radius 2 is 1.38 bits per heavy atom. The first-order valence-corrected chi connectivity index (χ1v) is 11.4. The van der Waals surface area contributed by atoms with Crippen molar-refractivity contribution in [3.63, 3.8) is 0 Å². The first-order chi connectivity index (χ1) is 14.2. The van der Waals surface area contributed by atoms with Crippen molar-refractivity contribution in [2.75, 3.05) is 13.2 Å². The van der Waals surface area contributed by atoms with E-state index in [0.29, 0.717) is 5.82 Å². The van der Waals surface area contributed by atoms with Crippen LogP contribution in [0, 0.1) is 5.92 Å². The number of hydrogen-bond acceptors (Lipinski definition) is 4. The summed E-state index contributed by atoms with van der Waals surface area (Å²) in [5, 5.41) is 0. The van der Waals surface area contributed by atoms with Gasteiger partial charge in [-0.1, -0.05) is 65.7 Å². The molecule has 4 nitrogen and oxygen atoms in total. The van der Waals surface area contributed by atoms with Gasteiger partial charge in [-0.05, 0) is 43.0 Å². The van der Waals surface area contributed by atoms with Crippen LogP contribution in [0.4, 0.5) is 0 Å². The Balaban J connectivity index is 1.67. The first-order valence-electron chi connectivity index (χ1n) is 11.4. The molecule has 29 heavy (non-hydrogen) atoms. The zero-order chi connectivity index (χ0) is 20.7. The van der Waals surface area contributed by atoms with Crippen molar-refractivity contribution in [3.05, 3.63) is 36.7 Å². The monoisotopic (exact) mass is 398 g/mol. The maximum atomic E-state index is 5.78. The minimum atomic E-state index is 0.708. The molecule has 1 heterocycles. The maximum Gasteiger partial charge on any atom is 0.159 e. The third-order valence-electron chi connectivity index (χ3n) is 5.31. The summed E-state index contributed by atoms with van der Waals surface area (Å²) in [7, 11) is 0. The summed E-state index contributed by atoms with van der Waals surface area (Å²) in [6, 6.07) is 7.97. The summed E-state index contributed by atoms with van der Waals surface area (Å²) in [6.45, 7) is 8.30. The molecule has 1 aromatic carbocycles. The molecule has 0 bridgehead atoms. The second-order valence-electron chi connectivity index (χ2n) is 7.89. The summed E-state index contributed by atoms with van der Waals surface area (Å²) in [6.07, 6.45) is 14.6. The van der Waals surface area contributed by atoms with Gasteiger partial charge in [0.15, 0.2) is 11.6 Å². The van der Waals surface area contributed by atoms with E-state index in [0.717, 1.165) is 49.0 Å². The van der Waals surface area contributed by atoms with Crippen LogP contribution >= 0.6 is 0 Å². The highest BCUT2D eigenvalue weighted by atomic mass is 16.5. The number of benzene rings is 1. The summed E-state index contributed by atoms with van der Waals surface area (Å²) in [4.78, 5) is 8.89. The predicted molar refractivity (Wildman–Crippen MR) is 121 cm³/mol. The van der Waals surface area contributed by atoms with Gasteiger partial charge in [0.2, 0.25) is 0 Å². The molecule has 4 heteroatoms. The predicted octanol–water partition coefficient (Wildman–Crippen LogP) is 7.09. The molecule has 1 aromatic heterocycles. The summed E-state index contributed by atoms with van der Waals surface area (Å²) >= 11 is 0. The van der Waals surface area contributed by atoms with Gasteiger partial charge in [0.1, 0.15) is 5.75 Å². The molecule has 0 spiro atoms. The molecule has 0 radical (unpaired) electrons. The van der Waals surface area contributed by atoms with Crippen molar-refractivity contribution >= 4 is 0 Å². The molecule has 0 saturated heterocycles. The van der Waals surface area contributed by atoms with Gasteiger partial charge in [-0.2, -0.15) is 0 Å². The van der Waals surface area contributed by atoms with E-state index in [9.17, 15) is 0 Å². The van der Waals surface area contributed by atoms with Gasteiger partial charge in [-0.25, -0.2) is 9.97 Å². The molecule has 0 aliphatic rings. The van der Waals surface area contributed by atoms with E-state index >= 15 is 0 Å². The molecule has 0 aliphatic carbocycles. The minimum Gasteiger partial charge on any atom is -0.494 e. The Hall–Kier alpha value is -2.10. The van der Waals surface area contributed by atoms with Crippen LogP contribution in [0.15, 0.2) is 36.7 Å². The molecule has 2 rings (SSSR count). The fraction of sp³-hybridized carbons (Fsp3) is 0.600. The number of ether oxygens (including phenoxy) is 2. The minimum absolute atomic E-state index is 0.708. The normalized spacial score (nSPS) is 12.0. The molecular weight excluding hydrogens is 360 g/mol. The van der Waals surface area contributed by atoms with Crippen molar-refractivity contribution in [1.29, 1.82) is 0 Å². The summed E-state index contributed by atoms with van der Waals surface area (Å²) in [5.41, 5.74) is 0.985. The molecule has 2 aromatic rings. The van der Waals surface area contributed by atoms with Crippen LogP contribution < -0.4 is 9.47 Å². The lowest BCUT2D eigenvalue weighted by molar-refractivity contribution is 0.301. The van der Waals surface area contributed by atoms with E-state index in [1.165, 1.54) is 44.9 Å². The zero-order valence-electron chi connectivity index (χ0n) is 18.5. The molecule has 0 amide bonds. The fourth-order valence-corrected chi connectivity index (χ4v) is 3.12. The number of hydrogen-bond donors (Lipinski definition) is 0. The molecule has 1 unspecified atom stereocenters. The molecule has 0 saturated carbocycles. The lowest BCUT2D eigenvalue weighted by Gasteiger charge is -2.09. The van der Waals surface area contributed by atoms with Crippen LogP contribution in [-0.2, 0) is 0 Å². The molecule has 1 atom stereocenters. The maximum absolute atomic E-state index is 5.78. The third kappa shape index (κ3) is 9.29. The quantitative estimate of drug-likeness (QED) is 0.300. The lowest BCUT2D eigenvalue weighted by atomic mass is 10.0. The van der Waals surface area contributed by atoms with Gasteiger partial charge in [0.25, 0.3) is 0 Å². The van der Waals surface area contributed by atoms with Gasteiger partial charge in [-0.15, -0.1) is 0 Å².